The number of aryl methyl sites for hydroxylation is 1. The predicted molar refractivity (Wildman–Crippen MR) is 92.6 cm³/mol. The van der Waals surface area contributed by atoms with E-state index in [2.05, 4.69) is 4.72 Å². The van der Waals surface area contributed by atoms with Crippen LogP contribution in [0.1, 0.15) is 34.1 Å². The molecule has 0 fully saturated rings. The summed E-state index contributed by atoms with van der Waals surface area (Å²) in [5.74, 6) is -0.634. The lowest BCUT2D eigenvalue weighted by Gasteiger charge is -2.23. The highest BCUT2D eigenvalue weighted by atomic mass is 32.2. The number of rotatable bonds is 4. The third-order valence-electron chi connectivity index (χ3n) is 4.00. The van der Waals surface area contributed by atoms with Gasteiger partial charge in [0.25, 0.3) is 10.0 Å². The number of fused-ring (bicyclic) bond motifs is 1. The molecular weight excluding hydrogens is 360 g/mol. The molecule has 1 aliphatic heterocycles. The van der Waals surface area contributed by atoms with Gasteiger partial charge >= 0.3 is 0 Å². The molecule has 0 aliphatic carbocycles. The lowest BCUT2D eigenvalue weighted by molar-refractivity contribution is -0.122. The number of hydrogen-bond acceptors (Lipinski definition) is 6. The lowest BCUT2D eigenvalue weighted by Crippen LogP contribution is -2.33. The molecule has 0 saturated heterocycles. The van der Waals surface area contributed by atoms with Crippen LogP contribution in [0.2, 0.25) is 0 Å². The van der Waals surface area contributed by atoms with Crippen molar-refractivity contribution in [2.45, 2.75) is 30.8 Å². The van der Waals surface area contributed by atoms with E-state index in [4.69, 9.17) is 10.00 Å². The molecule has 1 atom stereocenters. The molecule has 2 aromatic rings. The molecule has 0 bridgehead atoms. The van der Waals surface area contributed by atoms with Crippen LogP contribution in [0.4, 0.5) is 0 Å². The number of carbonyl (C=O) groups excluding carboxylic acids is 1. The fourth-order valence-electron chi connectivity index (χ4n) is 2.77. The van der Waals surface area contributed by atoms with E-state index in [-0.39, 0.29) is 16.9 Å². The van der Waals surface area contributed by atoms with Gasteiger partial charge in [0, 0.05) is 11.3 Å². The second-order valence-corrected chi connectivity index (χ2v) is 8.38. The molecule has 0 radical (unpaired) electrons. The molecule has 0 unspecified atom stereocenters. The minimum Gasteiger partial charge on any atom is -0.373 e. The van der Waals surface area contributed by atoms with Crippen molar-refractivity contribution in [3.05, 3.63) is 51.2 Å². The van der Waals surface area contributed by atoms with Crippen LogP contribution >= 0.6 is 11.3 Å². The highest BCUT2D eigenvalue weighted by molar-refractivity contribution is 7.90. The third-order valence-corrected chi connectivity index (χ3v) is 6.51. The molecule has 0 saturated carbocycles. The van der Waals surface area contributed by atoms with Crippen LogP contribution in [-0.2, 0) is 26.0 Å². The quantitative estimate of drug-likeness (QED) is 0.884. The van der Waals surface area contributed by atoms with Crippen molar-refractivity contribution >= 4 is 27.3 Å². The summed E-state index contributed by atoms with van der Waals surface area (Å²) in [5, 5.41) is 10.9. The number of thiophene rings is 1. The molecule has 1 aromatic carbocycles. The van der Waals surface area contributed by atoms with E-state index in [0.29, 0.717) is 12.2 Å². The van der Waals surface area contributed by atoms with Gasteiger partial charge in [0.1, 0.15) is 0 Å². The van der Waals surface area contributed by atoms with Crippen molar-refractivity contribution < 1.29 is 17.9 Å². The maximum absolute atomic E-state index is 12.5. The molecule has 25 heavy (non-hydrogen) atoms. The van der Waals surface area contributed by atoms with Crippen LogP contribution in [0.15, 0.2) is 34.5 Å². The molecule has 1 N–H and O–H groups in total. The Balaban J connectivity index is 1.76. The van der Waals surface area contributed by atoms with E-state index in [1.807, 2.05) is 17.5 Å². The van der Waals surface area contributed by atoms with Crippen LogP contribution in [-0.4, -0.2) is 20.9 Å². The van der Waals surface area contributed by atoms with Gasteiger partial charge in [-0.15, -0.1) is 11.3 Å². The summed E-state index contributed by atoms with van der Waals surface area (Å²) in [5.41, 5.74) is 1.64. The Hall–Kier alpha value is -2.21. The maximum Gasteiger partial charge on any atom is 0.264 e. The Kier molecular flexibility index (Phi) is 4.90. The average Bonchev–Trinajstić information content (AvgIpc) is 3.04. The summed E-state index contributed by atoms with van der Waals surface area (Å²) in [6.45, 7) is 2.13. The molecular formula is C17H16N2O4S2. The zero-order chi connectivity index (χ0) is 18.0. The van der Waals surface area contributed by atoms with E-state index >= 15 is 0 Å². The first-order valence-corrected chi connectivity index (χ1v) is 10.0. The molecule has 6 nitrogen and oxygen atoms in total. The van der Waals surface area contributed by atoms with E-state index in [1.54, 1.807) is 24.3 Å². The zero-order valence-corrected chi connectivity index (χ0v) is 15.1. The number of hydrogen-bond donors (Lipinski definition) is 1. The van der Waals surface area contributed by atoms with Gasteiger partial charge in [0.05, 0.1) is 35.7 Å². The fourth-order valence-corrected chi connectivity index (χ4v) is 4.95. The number of nitriles is 1. The van der Waals surface area contributed by atoms with Crippen molar-refractivity contribution in [1.29, 1.82) is 5.26 Å². The van der Waals surface area contributed by atoms with Crippen molar-refractivity contribution in [2.75, 3.05) is 6.61 Å². The highest BCUT2D eigenvalue weighted by Crippen LogP contribution is 2.33. The average molecular weight is 376 g/mol. The van der Waals surface area contributed by atoms with Gasteiger partial charge < -0.3 is 4.74 Å². The second kappa shape index (κ2) is 6.96. The minimum atomic E-state index is -4.04. The summed E-state index contributed by atoms with van der Waals surface area (Å²) in [7, 11) is -4.04. The Morgan fingerprint density at radius 3 is 3.00 bits per heavy atom. The molecule has 3 rings (SSSR count). The maximum atomic E-state index is 12.5. The monoisotopic (exact) mass is 376 g/mol. The minimum absolute atomic E-state index is 0.0688. The van der Waals surface area contributed by atoms with E-state index < -0.39 is 22.0 Å². The third kappa shape index (κ3) is 3.74. The first-order valence-electron chi connectivity index (χ1n) is 7.65. The van der Waals surface area contributed by atoms with Gasteiger partial charge in [0.15, 0.2) is 0 Å². The Bertz CT molecular complexity index is 957. The standard InChI is InChI=1S/C17H16N2O4S2/c1-11-2-3-12(10-18)8-16(11)25(21,22)19-17(20)9-14-13-5-7-24-15(13)4-6-23-14/h2-3,5,7-8,14H,4,6,9H2,1H3,(H,19,20)/t14-/m1/s1. The summed E-state index contributed by atoms with van der Waals surface area (Å²) in [4.78, 5) is 13.4. The van der Waals surface area contributed by atoms with Crippen LogP contribution in [0, 0.1) is 18.3 Å². The number of ether oxygens (including phenoxy) is 1. The van der Waals surface area contributed by atoms with Crippen LogP contribution in [0.25, 0.3) is 0 Å². The molecule has 2 heterocycles. The fraction of sp³-hybridized carbons (Fsp3) is 0.294. The molecule has 1 aromatic heterocycles. The van der Waals surface area contributed by atoms with Crippen LogP contribution in [0.3, 0.4) is 0 Å². The van der Waals surface area contributed by atoms with Gasteiger partial charge in [-0.25, -0.2) is 13.1 Å². The zero-order valence-electron chi connectivity index (χ0n) is 13.5. The summed E-state index contributed by atoms with van der Waals surface area (Å²) >= 11 is 1.61. The Morgan fingerprint density at radius 2 is 2.24 bits per heavy atom. The van der Waals surface area contributed by atoms with Gasteiger partial charge in [-0.2, -0.15) is 5.26 Å². The lowest BCUT2D eigenvalue weighted by atomic mass is 10.0. The molecule has 8 heteroatoms. The van der Waals surface area contributed by atoms with Crippen molar-refractivity contribution in [3.63, 3.8) is 0 Å². The highest BCUT2D eigenvalue weighted by Gasteiger charge is 2.27. The van der Waals surface area contributed by atoms with E-state index in [1.165, 1.54) is 17.0 Å². The van der Waals surface area contributed by atoms with E-state index in [0.717, 1.165) is 12.0 Å². The normalized spacial score (nSPS) is 16.7. The summed E-state index contributed by atoms with van der Waals surface area (Å²) < 4.78 is 32.7. The number of sulfonamides is 1. The number of carbonyl (C=O) groups is 1. The Morgan fingerprint density at radius 1 is 1.44 bits per heavy atom. The van der Waals surface area contributed by atoms with Gasteiger partial charge in [0.2, 0.25) is 5.91 Å². The first kappa shape index (κ1) is 17.6. The topological polar surface area (TPSA) is 96.3 Å². The number of amides is 1. The molecule has 1 amide bonds. The van der Waals surface area contributed by atoms with Crippen LogP contribution < -0.4 is 4.72 Å². The van der Waals surface area contributed by atoms with Gasteiger partial charge in [-0.3, -0.25) is 4.79 Å². The first-order chi connectivity index (χ1) is 11.9. The molecule has 1 aliphatic rings. The smallest absolute Gasteiger partial charge is 0.264 e. The SMILES string of the molecule is Cc1ccc(C#N)cc1S(=O)(=O)NC(=O)C[C@H]1OCCc2sccc21. The number of benzene rings is 1. The molecule has 130 valence electrons. The van der Waals surface area contributed by atoms with Crippen LogP contribution in [0.5, 0.6) is 0 Å². The second-order valence-electron chi connectivity index (χ2n) is 5.73. The summed E-state index contributed by atoms with van der Waals surface area (Å²) in [6.07, 6.45) is 0.306. The summed E-state index contributed by atoms with van der Waals surface area (Å²) in [6, 6.07) is 8.14. The van der Waals surface area contributed by atoms with Gasteiger partial charge in [-0.05, 0) is 41.6 Å². The Labute approximate surface area is 150 Å². The van der Waals surface area contributed by atoms with Crippen molar-refractivity contribution in [2.24, 2.45) is 0 Å². The van der Waals surface area contributed by atoms with E-state index in [9.17, 15) is 13.2 Å². The molecule has 0 spiro atoms. The van der Waals surface area contributed by atoms with Crippen molar-refractivity contribution in [1.82, 2.24) is 4.72 Å². The predicted octanol–water partition coefficient (Wildman–Crippen LogP) is 2.44. The number of nitrogens with zero attached hydrogens (tertiary/aromatic N) is 1. The van der Waals surface area contributed by atoms with Gasteiger partial charge in [-0.1, -0.05) is 6.07 Å². The largest absolute Gasteiger partial charge is 0.373 e. The van der Waals surface area contributed by atoms with Crippen molar-refractivity contribution in [3.8, 4) is 6.07 Å². The number of nitrogens with one attached hydrogen (secondary N) is 1.